The predicted molar refractivity (Wildman–Crippen MR) is 54.8 cm³/mol. The summed E-state index contributed by atoms with van der Waals surface area (Å²) in [6, 6.07) is 1.94. The molecule has 4 heteroatoms. The molecule has 3 N–H and O–H groups in total. The third kappa shape index (κ3) is 2.05. The molecule has 0 heterocycles. The van der Waals surface area contributed by atoms with Crippen LogP contribution < -0.4 is 5.73 Å². The second kappa shape index (κ2) is 4.44. The van der Waals surface area contributed by atoms with Gasteiger partial charge in [0.25, 0.3) is 0 Å². The number of benzene rings is 1. The zero-order chi connectivity index (χ0) is 10.7. The van der Waals surface area contributed by atoms with Crippen LogP contribution in [-0.4, -0.2) is 5.11 Å². The molecular formula is C10H11ClFNO. The van der Waals surface area contributed by atoms with E-state index in [2.05, 4.69) is 6.58 Å². The van der Waals surface area contributed by atoms with Gasteiger partial charge in [0.15, 0.2) is 11.6 Å². The summed E-state index contributed by atoms with van der Waals surface area (Å²) in [5.41, 5.74) is 5.92. The Kier molecular flexibility index (Phi) is 3.49. The van der Waals surface area contributed by atoms with Gasteiger partial charge < -0.3 is 10.8 Å². The van der Waals surface area contributed by atoms with E-state index in [0.717, 1.165) is 6.07 Å². The fourth-order valence-electron chi connectivity index (χ4n) is 1.21. The predicted octanol–water partition coefficient (Wildman–Crippen LogP) is 2.76. The van der Waals surface area contributed by atoms with Gasteiger partial charge in [0.1, 0.15) is 0 Å². The van der Waals surface area contributed by atoms with Gasteiger partial charge in [0, 0.05) is 16.6 Å². The zero-order valence-electron chi connectivity index (χ0n) is 7.50. The van der Waals surface area contributed by atoms with Gasteiger partial charge in [-0.25, -0.2) is 4.39 Å². The summed E-state index contributed by atoms with van der Waals surface area (Å²) in [5, 5.41) is 9.66. The molecule has 0 saturated carbocycles. The highest BCUT2D eigenvalue weighted by Gasteiger charge is 2.16. The van der Waals surface area contributed by atoms with E-state index in [1.165, 1.54) is 6.07 Å². The summed E-state index contributed by atoms with van der Waals surface area (Å²) in [7, 11) is 0. The summed E-state index contributed by atoms with van der Waals surface area (Å²) in [6.45, 7) is 3.51. The lowest BCUT2D eigenvalue weighted by molar-refractivity contribution is 0.421. The molecule has 1 aromatic rings. The minimum absolute atomic E-state index is 0.228. The van der Waals surface area contributed by atoms with E-state index in [-0.39, 0.29) is 10.6 Å². The van der Waals surface area contributed by atoms with Crippen LogP contribution in [0.4, 0.5) is 4.39 Å². The Morgan fingerprint density at radius 2 is 2.29 bits per heavy atom. The monoisotopic (exact) mass is 215 g/mol. The number of phenolic OH excluding ortho intramolecular Hbond substituents is 1. The summed E-state index contributed by atoms with van der Waals surface area (Å²) >= 11 is 5.79. The molecule has 0 aliphatic heterocycles. The molecule has 0 saturated heterocycles. The molecule has 0 aliphatic carbocycles. The molecule has 76 valence electrons. The maximum Gasteiger partial charge on any atom is 0.165 e. The first kappa shape index (κ1) is 11.0. The largest absolute Gasteiger partial charge is 0.505 e. The Balaban J connectivity index is 3.17. The molecule has 0 spiro atoms. The standard InChI is InChI=1S/C10H11ClFNO/c1-2-3-8(13)9-6(11)4-5-7(12)10(9)14/h2,4-5,8,14H,1,3,13H2. The second-order valence-corrected chi connectivity index (χ2v) is 3.33. The van der Waals surface area contributed by atoms with E-state index >= 15 is 0 Å². The lowest BCUT2D eigenvalue weighted by Crippen LogP contribution is -2.10. The van der Waals surface area contributed by atoms with E-state index in [4.69, 9.17) is 17.3 Å². The zero-order valence-corrected chi connectivity index (χ0v) is 8.26. The summed E-state index contributed by atoms with van der Waals surface area (Å²) in [4.78, 5) is 0. The molecule has 1 atom stereocenters. The highest BCUT2D eigenvalue weighted by Crippen LogP contribution is 2.33. The maximum atomic E-state index is 13.0. The van der Waals surface area contributed by atoms with Crippen molar-refractivity contribution in [3.63, 3.8) is 0 Å². The van der Waals surface area contributed by atoms with Crippen molar-refractivity contribution in [2.75, 3.05) is 0 Å². The third-order valence-electron chi connectivity index (χ3n) is 1.91. The van der Waals surface area contributed by atoms with Crippen LogP contribution in [0.2, 0.25) is 5.02 Å². The number of rotatable bonds is 3. The quantitative estimate of drug-likeness (QED) is 0.762. The molecule has 0 fully saturated rings. The van der Waals surface area contributed by atoms with Crippen LogP contribution in [0.25, 0.3) is 0 Å². The molecule has 2 nitrogen and oxygen atoms in total. The van der Waals surface area contributed by atoms with E-state index in [9.17, 15) is 9.50 Å². The van der Waals surface area contributed by atoms with Gasteiger partial charge in [-0.05, 0) is 18.6 Å². The van der Waals surface area contributed by atoms with Crippen molar-refractivity contribution in [3.05, 3.63) is 41.2 Å². The van der Waals surface area contributed by atoms with Crippen molar-refractivity contribution in [2.45, 2.75) is 12.5 Å². The molecule has 1 unspecified atom stereocenters. The van der Waals surface area contributed by atoms with Crippen LogP contribution in [0, 0.1) is 5.82 Å². The first-order chi connectivity index (χ1) is 6.57. The lowest BCUT2D eigenvalue weighted by Gasteiger charge is -2.13. The summed E-state index contributed by atoms with van der Waals surface area (Å²) in [5.74, 6) is -1.20. The van der Waals surface area contributed by atoms with Gasteiger partial charge in [-0.2, -0.15) is 0 Å². The van der Waals surface area contributed by atoms with Gasteiger partial charge in [-0.15, -0.1) is 6.58 Å². The van der Waals surface area contributed by atoms with E-state index in [0.29, 0.717) is 6.42 Å². The topological polar surface area (TPSA) is 46.2 Å². The van der Waals surface area contributed by atoms with E-state index in [1.807, 2.05) is 0 Å². The van der Waals surface area contributed by atoms with Crippen molar-refractivity contribution >= 4 is 11.6 Å². The fraction of sp³-hybridized carbons (Fsp3) is 0.200. The highest BCUT2D eigenvalue weighted by molar-refractivity contribution is 6.31. The number of aromatic hydroxyl groups is 1. The van der Waals surface area contributed by atoms with Crippen LogP contribution >= 0.6 is 11.6 Å². The average molecular weight is 216 g/mol. The Bertz CT molecular complexity index is 354. The van der Waals surface area contributed by atoms with Gasteiger partial charge in [0.05, 0.1) is 0 Å². The summed E-state index contributed by atoms with van der Waals surface area (Å²) < 4.78 is 13.0. The van der Waals surface area contributed by atoms with Crippen molar-refractivity contribution < 1.29 is 9.50 Å². The van der Waals surface area contributed by atoms with Crippen molar-refractivity contribution in [3.8, 4) is 5.75 Å². The highest BCUT2D eigenvalue weighted by atomic mass is 35.5. The molecule has 1 aromatic carbocycles. The molecule has 0 aliphatic rings. The number of halogens is 2. The number of hydrogen-bond donors (Lipinski definition) is 2. The first-order valence-electron chi connectivity index (χ1n) is 4.11. The van der Waals surface area contributed by atoms with Crippen LogP contribution in [0.3, 0.4) is 0 Å². The molecule has 1 rings (SSSR count). The van der Waals surface area contributed by atoms with E-state index < -0.39 is 17.6 Å². The van der Waals surface area contributed by atoms with Crippen LogP contribution in [0.5, 0.6) is 5.75 Å². The molecule has 0 radical (unpaired) electrons. The third-order valence-corrected chi connectivity index (χ3v) is 2.24. The fourth-order valence-corrected chi connectivity index (χ4v) is 1.50. The molecule has 14 heavy (non-hydrogen) atoms. The van der Waals surface area contributed by atoms with Crippen LogP contribution in [-0.2, 0) is 0 Å². The molecule has 0 amide bonds. The molecule has 0 bridgehead atoms. The normalized spacial score (nSPS) is 12.5. The SMILES string of the molecule is C=CCC(N)c1c(Cl)ccc(F)c1O. The van der Waals surface area contributed by atoms with Crippen molar-refractivity contribution in [2.24, 2.45) is 5.73 Å². The minimum atomic E-state index is -0.719. The molecular weight excluding hydrogens is 205 g/mol. The van der Waals surface area contributed by atoms with Gasteiger partial charge in [-0.1, -0.05) is 17.7 Å². The maximum absolute atomic E-state index is 13.0. The minimum Gasteiger partial charge on any atom is -0.505 e. The van der Waals surface area contributed by atoms with Gasteiger partial charge in [-0.3, -0.25) is 0 Å². The smallest absolute Gasteiger partial charge is 0.165 e. The van der Waals surface area contributed by atoms with Gasteiger partial charge in [0.2, 0.25) is 0 Å². The Morgan fingerprint density at radius 3 is 2.86 bits per heavy atom. The first-order valence-corrected chi connectivity index (χ1v) is 4.49. The van der Waals surface area contributed by atoms with E-state index in [1.54, 1.807) is 6.08 Å². The Hall–Kier alpha value is -1.06. The summed E-state index contributed by atoms with van der Waals surface area (Å²) in [6.07, 6.45) is 2.02. The van der Waals surface area contributed by atoms with Gasteiger partial charge >= 0.3 is 0 Å². The lowest BCUT2D eigenvalue weighted by atomic mass is 10.0. The molecule has 0 aromatic heterocycles. The van der Waals surface area contributed by atoms with Crippen LogP contribution in [0.1, 0.15) is 18.0 Å². The number of phenols is 1. The average Bonchev–Trinajstić information content (AvgIpc) is 2.13. The Labute approximate surface area is 86.8 Å². The van der Waals surface area contributed by atoms with Crippen LogP contribution in [0.15, 0.2) is 24.8 Å². The van der Waals surface area contributed by atoms with Crippen molar-refractivity contribution in [1.29, 1.82) is 0 Å². The Morgan fingerprint density at radius 1 is 1.64 bits per heavy atom. The number of hydrogen-bond acceptors (Lipinski definition) is 2. The second-order valence-electron chi connectivity index (χ2n) is 2.92. The van der Waals surface area contributed by atoms with Crippen molar-refractivity contribution in [1.82, 2.24) is 0 Å². The number of nitrogens with two attached hydrogens (primary N) is 1.